The van der Waals surface area contributed by atoms with Crippen molar-refractivity contribution in [1.82, 2.24) is 10.9 Å². The second-order valence-corrected chi connectivity index (χ2v) is 3.35. The van der Waals surface area contributed by atoms with E-state index in [1.165, 1.54) is 26.4 Å². The molecular formula is C9H18N2O2. The minimum atomic E-state index is -0.178. The molecule has 4 heteroatoms. The molecule has 1 aliphatic rings. The standard InChI is InChI=1S/C9H18N2O2/c1-13-9(12)8-6-4-2-3-5-7-10-11-8/h8,10-11H,2-7H2,1H3/t8-/m1/s1. The Morgan fingerprint density at radius 2 is 2.08 bits per heavy atom. The molecule has 0 unspecified atom stereocenters. The topological polar surface area (TPSA) is 50.4 Å². The van der Waals surface area contributed by atoms with E-state index in [0.717, 1.165) is 19.4 Å². The van der Waals surface area contributed by atoms with E-state index in [0.29, 0.717) is 0 Å². The molecule has 76 valence electrons. The van der Waals surface area contributed by atoms with Gasteiger partial charge in [-0.2, -0.15) is 0 Å². The van der Waals surface area contributed by atoms with Crippen molar-refractivity contribution in [2.24, 2.45) is 0 Å². The van der Waals surface area contributed by atoms with Gasteiger partial charge in [-0.25, -0.2) is 5.43 Å². The van der Waals surface area contributed by atoms with Crippen LogP contribution in [0.25, 0.3) is 0 Å². The van der Waals surface area contributed by atoms with Gasteiger partial charge in [0.25, 0.3) is 0 Å². The highest BCUT2D eigenvalue weighted by Crippen LogP contribution is 2.07. The Balaban J connectivity index is 2.36. The van der Waals surface area contributed by atoms with Crippen LogP contribution in [0.2, 0.25) is 0 Å². The first-order chi connectivity index (χ1) is 6.34. The molecule has 4 nitrogen and oxygen atoms in total. The fourth-order valence-electron chi connectivity index (χ4n) is 1.50. The van der Waals surface area contributed by atoms with E-state index in [9.17, 15) is 4.79 Å². The van der Waals surface area contributed by atoms with Gasteiger partial charge in [0.1, 0.15) is 6.04 Å². The number of nitrogens with one attached hydrogen (secondary N) is 2. The summed E-state index contributed by atoms with van der Waals surface area (Å²) in [5.74, 6) is -0.172. The smallest absolute Gasteiger partial charge is 0.324 e. The first-order valence-electron chi connectivity index (χ1n) is 4.91. The Morgan fingerprint density at radius 1 is 1.31 bits per heavy atom. The molecule has 1 aliphatic heterocycles. The van der Waals surface area contributed by atoms with Crippen LogP contribution >= 0.6 is 0 Å². The largest absolute Gasteiger partial charge is 0.468 e. The number of rotatable bonds is 1. The lowest BCUT2D eigenvalue weighted by Crippen LogP contribution is -2.45. The van der Waals surface area contributed by atoms with E-state index in [-0.39, 0.29) is 12.0 Å². The van der Waals surface area contributed by atoms with Gasteiger partial charge in [-0.3, -0.25) is 10.2 Å². The molecule has 2 N–H and O–H groups in total. The van der Waals surface area contributed by atoms with E-state index < -0.39 is 0 Å². The Kier molecular flexibility index (Phi) is 4.78. The van der Waals surface area contributed by atoms with E-state index in [2.05, 4.69) is 15.6 Å². The highest BCUT2D eigenvalue weighted by Gasteiger charge is 2.18. The second kappa shape index (κ2) is 5.94. The Labute approximate surface area is 79.0 Å². The normalized spacial score (nSPS) is 25.5. The molecular weight excluding hydrogens is 168 g/mol. The molecule has 0 amide bonds. The number of hydrazine groups is 1. The van der Waals surface area contributed by atoms with E-state index in [4.69, 9.17) is 0 Å². The molecule has 0 aromatic carbocycles. The van der Waals surface area contributed by atoms with Crippen LogP contribution in [0.4, 0.5) is 0 Å². The Morgan fingerprint density at radius 3 is 2.85 bits per heavy atom. The first kappa shape index (κ1) is 10.5. The van der Waals surface area contributed by atoms with Crippen LogP contribution < -0.4 is 10.9 Å². The van der Waals surface area contributed by atoms with E-state index >= 15 is 0 Å². The summed E-state index contributed by atoms with van der Waals surface area (Å²) in [6, 6.07) is -0.178. The van der Waals surface area contributed by atoms with E-state index in [1.54, 1.807) is 0 Å². The number of esters is 1. The second-order valence-electron chi connectivity index (χ2n) is 3.35. The van der Waals surface area contributed by atoms with Crippen molar-refractivity contribution in [3.63, 3.8) is 0 Å². The predicted molar refractivity (Wildman–Crippen MR) is 50.0 cm³/mol. The van der Waals surface area contributed by atoms with Crippen molar-refractivity contribution in [2.75, 3.05) is 13.7 Å². The zero-order valence-corrected chi connectivity index (χ0v) is 8.14. The number of ether oxygens (including phenoxy) is 1. The van der Waals surface area contributed by atoms with Gasteiger partial charge in [-0.1, -0.05) is 19.3 Å². The molecule has 0 aromatic rings. The van der Waals surface area contributed by atoms with Gasteiger partial charge in [0, 0.05) is 6.54 Å². The van der Waals surface area contributed by atoms with Crippen LogP contribution in [0, 0.1) is 0 Å². The molecule has 0 spiro atoms. The molecule has 1 rings (SSSR count). The number of methoxy groups -OCH3 is 1. The van der Waals surface area contributed by atoms with Crippen molar-refractivity contribution < 1.29 is 9.53 Å². The predicted octanol–water partition coefficient (Wildman–Crippen LogP) is 0.586. The van der Waals surface area contributed by atoms with Gasteiger partial charge >= 0.3 is 5.97 Å². The van der Waals surface area contributed by atoms with Gasteiger partial charge in [0.05, 0.1) is 7.11 Å². The fraction of sp³-hybridized carbons (Fsp3) is 0.889. The van der Waals surface area contributed by atoms with Crippen LogP contribution in [0.1, 0.15) is 32.1 Å². The lowest BCUT2D eigenvalue weighted by atomic mass is 10.1. The van der Waals surface area contributed by atoms with Crippen LogP contribution in [-0.4, -0.2) is 25.7 Å². The van der Waals surface area contributed by atoms with Crippen molar-refractivity contribution in [3.05, 3.63) is 0 Å². The van der Waals surface area contributed by atoms with Crippen molar-refractivity contribution in [2.45, 2.75) is 38.1 Å². The average molecular weight is 186 g/mol. The molecule has 1 saturated heterocycles. The van der Waals surface area contributed by atoms with E-state index in [1.807, 2.05) is 0 Å². The maximum atomic E-state index is 11.2. The lowest BCUT2D eigenvalue weighted by molar-refractivity contribution is -0.143. The number of hydrogen-bond acceptors (Lipinski definition) is 4. The molecule has 13 heavy (non-hydrogen) atoms. The monoisotopic (exact) mass is 186 g/mol. The highest BCUT2D eigenvalue weighted by molar-refractivity contribution is 5.75. The quantitative estimate of drug-likeness (QED) is 0.588. The van der Waals surface area contributed by atoms with Crippen LogP contribution in [-0.2, 0) is 9.53 Å². The zero-order chi connectivity index (χ0) is 9.52. The molecule has 0 radical (unpaired) electrons. The number of hydrogen-bond donors (Lipinski definition) is 2. The first-order valence-corrected chi connectivity index (χ1v) is 4.91. The molecule has 0 bridgehead atoms. The van der Waals surface area contributed by atoms with Gasteiger partial charge in [-0.15, -0.1) is 0 Å². The van der Waals surface area contributed by atoms with Crippen LogP contribution in [0.15, 0.2) is 0 Å². The third kappa shape index (κ3) is 3.74. The maximum absolute atomic E-state index is 11.2. The fourth-order valence-corrected chi connectivity index (χ4v) is 1.50. The summed E-state index contributed by atoms with van der Waals surface area (Å²) in [6.45, 7) is 0.924. The van der Waals surface area contributed by atoms with Gasteiger partial charge in [0.2, 0.25) is 0 Å². The molecule has 1 heterocycles. The minimum Gasteiger partial charge on any atom is -0.468 e. The van der Waals surface area contributed by atoms with Crippen molar-refractivity contribution in [1.29, 1.82) is 0 Å². The van der Waals surface area contributed by atoms with Crippen LogP contribution in [0.3, 0.4) is 0 Å². The summed E-state index contributed by atoms with van der Waals surface area (Å²) in [5.41, 5.74) is 6.03. The summed E-state index contributed by atoms with van der Waals surface area (Å²) in [5, 5.41) is 0. The summed E-state index contributed by atoms with van der Waals surface area (Å²) < 4.78 is 4.69. The summed E-state index contributed by atoms with van der Waals surface area (Å²) in [6.07, 6.45) is 5.56. The average Bonchev–Trinajstić information content (AvgIpc) is 2.29. The van der Waals surface area contributed by atoms with Crippen molar-refractivity contribution >= 4 is 5.97 Å². The third-order valence-corrected chi connectivity index (χ3v) is 2.31. The summed E-state index contributed by atoms with van der Waals surface area (Å²) >= 11 is 0. The highest BCUT2D eigenvalue weighted by atomic mass is 16.5. The number of carbonyl (C=O) groups is 1. The SMILES string of the molecule is COC(=O)[C@H]1CCCCCCNN1. The molecule has 0 aliphatic carbocycles. The summed E-state index contributed by atoms with van der Waals surface area (Å²) in [4.78, 5) is 11.2. The van der Waals surface area contributed by atoms with Gasteiger partial charge in [0.15, 0.2) is 0 Å². The Bertz CT molecular complexity index is 152. The Hall–Kier alpha value is -0.610. The van der Waals surface area contributed by atoms with Gasteiger partial charge < -0.3 is 4.74 Å². The van der Waals surface area contributed by atoms with Crippen molar-refractivity contribution in [3.8, 4) is 0 Å². The third-order valence-electron chi connectivity index (χ3n) is 2.31. The van der Waals surface area contributed by atoms with Gasteiger partial charge in [-0.05, 0) is 12.8 Å². The van der Waals surface area contributed by atoms with Crippen LogP contribution in [0.5, 0.6) is 0 Å². The lowest BCUT2D eigenvalue weighted by Gasteiger charge is -2.15. The molecule has 0 aromatic heterocycles. The summed E-state index contributed by atoms with van der Waals surface area (Å²) in [7, 11) is 1.43. The molecule has 0 saturated carbocycles. The molecule has 1 atom stereocenters. The molecule has 1 fully saturated rings. The maximum Gasteiger partial charge on any atom is 0.324 e. The zero-order valence-electron chi connectivity index (χ0n) is 8.14. The number of carbonyl (C=O) groups excluding carboxylic acids is 1. The minimum absolute atomic E-state index is 0.172.